The summed E-state index contributed by atoms with van der Waals surface area (Å²) < 4.78 is 2.02. The topological polar surface area (TPSA) is 29.9 Å². The lowest BCUT2D eigenvalue weighted by atomic mass is 9.97. The molecule has 1 N–H and O–H groups in total. The maximum absolute atomic E-state index is 4.32. The van der Waals surface area contributed by atoms with E-state index in [4.69, 9.17) is 0 Å². The zero-order chi connectivity index (χ0) is 10.1. The Bertz CT molecular complexity index is 448. The normalized spacial score (nSPS) is 19.9. The first-order chi connectivity index (χ1) is 7.45. The summed E-state index contributed by atoms with van der Waals surface area (Å²) in [6.07, 6.45) is 3.85. The Balaban J connectivity index is 2.06. The van der Waals surface area contributed by atoms with Crippen molar-refractivity contribution >= 4 is 0 Å². The highest BCUT2D eigenvalue weighted by Crippen LogP contribution is 2.24. The molecule has 3 heteroatoms. The van der Waals surface area contributed by atoms with Crippen molar-refractivity contribution < 1.29 is 0 Å². The van der Waals surface area contributed by atoms with E-state index in [1.54, 1.807) is 0 Å². The minimum atomic E-state index is 0.338. The number of hydrogen-bond acceptors (Lipinski definition) is 2. The van der Waals surface area contributed by atoms with Crippen molar-refractivity contribution in [3.63, 3.8) is 0 Å². The molecule has 2 heterocycles. The first kappa shape index (κ1) is 8.68. The fraction of sp³-hybridized carbons (Fsp3) is 0.250. The molecule has 1 aliphatic heterocycles. The Kier molecular flexibility index (Phi) is 2.03. The van der Waals surface area contributed by atoms with Crippen molar-refractivity contribution in [3.8, 4) is 0 Å². The number of aromatic nitrogens is 2. The Hall–Kier alpha value is -1.61. The van der Waals surface area contributed by atoms with Crippen molar-refractivity contribution in [1.82, 2.24) is 15.1 Å². The van der Waals surface area contributed by atoms with E-state index in [0.717, 1.165) is 13.1 Å². The molecule has 2 aromatic rings. The van der Waals surface area contributed by atoms with Gasteiger partial charge in [-0.1, -0.05) is 24.3 Å². The van der Waals surface area contributed by atoms with E-state index in [1.807, 2.05) is 23.1 Å². The monoisotopic (exact) mass is 199 g/mol. The summed E-state index contributed by atoms with van der Waals surface area (Å²) in [5, 5.41) is 7.73. The van der Waals surface area contributed by atoms with Crippen LogP contribution in [0.25, 0.3) is 0 Å². The molecule has 0 unspecified atom stereocenters. The van der Waals surface area contributed by atoms with Gasteiger partial charge in [0.05, 0.1) is 6.04 Å². The van der Waals surface area contributed by atoms with Gasteiger partial charge in [-0.3, -0.25) is 4.68 Å². The molecule has 15 heavy (non-hydrogen) atoms. The van der Waals surface area contributed by atoms with Gasteiger partial charge in [0.1, 0.15) is 0 Å². The van der Waals surface area contributed by atoms with E-state index in [1.165, 1.54) is 11.1 Å². The average molecular weight is 199 g/mol. The summed E-state index contributed by atoms with van der Waals surface area (Å²) in [6, 6.07) is 10.9. The molecule has 3 nitrogen and oxygen atoms in total. The van der Waals surface area contributed by atoms with Crippen LogP contribution in [0.2, 0.25) is 0 Å². The van der Waals surface area contributed by atoms with Crippen LogP contribution >= 0.6 is 0 Å². The Morgan fingerprint density at radius 2 is 2.20 bits per heavy atom. The molecular formula is C12H13N3. The van der Waals surface area contributed by atoms with E-state index in [0.29, 0.717) is 6.04 Å². The lowest BCUT2D eigenvalue weighted by molar-refractivity contribution is 0.452. The van der Waals surface area contributed by atoms with Gasteiger partial charge in [-0.15, -0.1) is 0 Å². The summed E-state index contributed by atoms with van der Waals surface area (Å²) in [5.74, 6) is 0. The second-order valence-electron chi connectivity index (χ2n) is 3.83. The highest BCUT2D eigenvalue weighted by atomic mass is 15.3. The molecule has 3 rings (SSSR count). The van der Waals surface area contributed by atoms with Gasteiger partial charge in [0, 0.05) is 25.5 Å². The van der Waals surface area contributed by atoms with Crippen LogP contribution in [0.3, 0.4) is 0 Å². The lowest BCUT2D eigenvalue weighted by Crippen LogP contribution is -2.32. The lowest BCUT2D eigenvalue weighted by Gasteiger charge is -2.26. The van der Waals surface area contributed by atoms with Gasteiger partial charge >= 0.3 is 0 Å². The predicted molar refractivity (Wildman–Crippen MR) is 58.5 cm³/mol. The molecule has 0 saturated heterocycles. The van der Waals surface area contributed by atoms with Gasteiger partial charge in [-0.25, -0.2) is 0 Å². The third-order valence-electron chi connectivity index (χ3n) is 2.91. The summed E-state index contributed by atoms with van der Waals surface area (Å²) in [7, 11) is 0. The van der Waals surface area contributed by atoms with Crippen LogP contribution < -0.4 is 5.32 Å². The number of hydrogen-bond donors (Lipinski definition) is 1. The molecule has 0 saturated carbocycles. The third kappa shape index (κ3) is 1.45. The first-order valence-electron chi connectivity index (χ1n) is 5.23. The Labute approximate surface area is 88.7 Å². The smallest absolute Gasteiger partial charge is 0.0896 e. The molecule has 0 radical (unpaired) electrons. The first-order valence-corrected chi connectivity index (χ1v) is 5.23. The fourth-order valence-electron chi connectivity index (χ4n) is 2.17. The maximum atomic E-state index is 4.32. The van der Waals surface area contributed by atoms with Crippen molar-refractivity contribution in [1.29, 1.82) is 0 Å². The van der Waals surface area contributed by atoms with Crippen LogP contribution in [0.4, 0.5) is 0 Å². The number of nitrogens with one attached hydrogen (secondary N) is 1. The van der Waals surface area contributed by atoms with Gasteiger partial charge in [-0.05, 0) is 17.2 Å². The molecule has 0 aliphatic carbocycles. The molecule has 1 aromatic carbocycles. The minimum absolute atomic E-state index is 0.338. The largest absolute Gasteiger partial charge is 0.310 e. The Morgan fingerprint density at radius 1 is 1.27 bits per heavy atom. The fourth-order valence-corrected chi connectivity index (χ4v) is 2.17. The van der Waals surface area contributed by atoms with Crippen molar-refractivity contribution in [3.05, 3.63) is 53.9 Å². The average Bonchev–Trinajstić information content (AvgIpc) is 2.82. The van der Waals surface area contributed by atoms with Gasteiger partial charge in [-0.2, -0.15) is 5.10 Å². The van der Waals surface area contributed by atoms with Crippen molar-refractivity contribution in [2.24, 2.45) is 0 Å². The molecule has 0 bridgehead atoms. The summed E-state index contributed by atoms with van der Waals surface area (Å²) in [5.41, 5.74) is 2.77. The van der Waals surface area contributed by atoms with Crippen LogP contribution in [-0.2, 0) is 6.54 Å². The number of rotatable bonds is 1. The highest BCUT2D eigenvalue weighted by Gasteiger charge is 2.20. The van der Waals surface area contributed by atoms with Crippen LogP contribution in [0, 0.1) is 0 Å². The van der Waals surface area contributed by atoms with E-state index in [-0.39, 0.29) is 0 Å². The minimum Gasteiger partial charge on any atom is -0.310 e. The molecule has 1 aliphatic rings. The summed E-state index contributed by atoms with van der Waals surface area (Å²) >= 11 is 0. The number of fused-ring (bicyclic) bond motifs is 1. The van der Waals surface area contributed by atoms with Gasteiger partial charge in [0.2, 0.25) is 0 Å². The second-order valence-corrected chi connectivity index (χ2v) is 3.83. The van der Waals surface area contributed by atoms with E-state index in [2.05, 4.69) is 34.7 Å². The molecule has 1 atom stereocenters. The molecule has 76 valence electrons. The van der Waals surface area contributed by atoms with Crippen LogP contribution in [0.1, 0.15) is 17.2 Å². The number of nitrogens with zero attached hydrogens (tertiary/aromatic N) is 2. The van der Waals surface area contributed by atoms with Crippen molar-refractivity contribution in [2.75, 3.05) is 6.54 Å². The van der Waals surface area contributed by atoms with Crippen LogP contribution in [-0.4, -0.2) is 16.3 Å². The zero-order valence-corrected chi connectivity index (χ0v) is 8.43. The van der Waals surface area contributed by atoms with Crippen LogP contribution in [0.15, 0.2) is 42.7 Å². The highest BCUT2D eigenvalue weighted by molar-refractivity contribution is 5.32. The predicted octanol–water partition coefficient (Wildman–Crippen LogP) is 1.58. The quantitative estimate of drug-likeness (QED) is 0.755. The van der Waals surface area contributed by atoms with Crippen LogP contribution in [0.5, 0.6) is 0 Å². The van der Waals surface area contributed by atoms with E-state index in [9.17, 15) is 0 Å². The third-order valence-corrected chi connectivity index (χ3v) is 2.91. The molecule has 1 aromatic heterocycles. The molecule has 0 amide bonds. The SMILES string of the molecule is c1ccc2c(c1)CNC[C@@H]2n1cccn1. The van der Waals surface area contributed by atoms with Gasteiger partial charge < -0.3 is 5.32 Å². The number of benzene rings is 1. The molecular weight excluding hydrogens is 186 g/mol. The molecule has 0 spiro atoms. The van der Waals surface area contributed by atoms with E-state index < -0.39 is 0 Å². The summed E-state index contributed by atoms with van der Waals surface area (Å²) in [4.78, 5) is 0. The van der Waals surface area contributed by atoms with Gasteiger partial charge in [0.15, 0.2) is 0 Å². The Morgan fingerprint density at radius 3 is 3.07 bits per heavy atom. The van der Waals surface area contributed by atoms with Gasteiger partial charge in [0.25, 0.3) is 0 Å². The maximum Gasteiger partial charge on any atom is 0.0896 e. The standard InChI is InChI=1S/C12H13N3/c1-2-5-11-10(4-1)8-13-9-12(11)15-7-3-6-14-15/h1-7,12-13H,8-9H2/t12-/m0/s1. The molecule has 0 fully saturated rings. The van der Waals surface area contributed by atoms with Crippen molar-refractivity contribution in [2.45, 2.75) is 12.6 Å². The second kappa shape index (κ2) is 3.51. The summed E-state index contributed by atoms with van der Waals surface area (Å²) in [6.45, 7) is 1.92. The zero-order valence-electron chi connectivity index (χ0n) is 8.43. The van der Waals surface area contributed by atoms with E-state index >= 15 is 0 Å².